The van der Waals surface area contributed by atoms with Gasteiger partial charge in [-0.15, -0.1) is 5.10 Å². The minimum absolute atomic E-state index is 0.0186. The standard InChI is InChI=1S/C20H19F3N4O4/c1-19(2,17(28)29)10-30-15-8-7-14(9-24-15)12-3-5-13(6-4-12)16-25-18(27-26-16)31-11-20(21,22)23/h3-9H,10-11H2,1-2H3,(H,28,29)(H,25,26,27). The Balaban J connectivity index is 1.64. The van der Waals surface area contributed by atoms with E-state index in [9.17, 15) is 18.0 Å². The predicted molar refractivity (Wildman–Crippen MR) is 104 cm³/mol. The SMILES string of the molecule is CC(C)(COc1ccc(-c2ccc(-c3nc(OCC(F)(F)F)n[nH]3)cc2)cn1)C(=O)O. The smallest absolute Gasteiger partial charge is 0.422 e. The average molecular weight is 436 g/mol. The molecule has 0 bridgehead atoms. The Morgan fingerprint density at radius 2 is 1.65 bits per heavy atom. The van der Waals surface area contributed by atoms with Gasteiger partial charge in [-0.3, -0.25) is 9.89 Å². The summed E-state index contributed by atoms with van der Waals surface area (Å²) in [5.74, 6) is -0.385. The fourth-order valence-corrected chi connectivity index (χ4v) is 2.36. The summed E-state index contributed by atoms with van der Waals surface area (Å²) in [6.07, 6.45) is -2.88. The van der Waals surface area contributed by atoms with Crippen molar-refractivity contribution in [2.24, 2.45) is 5.41 Å². The van der Waals surface area contributed by atoms with Crippen LogP contribution in [0.1, 0.15) is 13.8 Å². The number of nitrogens with zero attached hydrogens (tertiary/aromatic N) is 3. The van der Waals surface area contributed by atoms with Gasteiger partial charge in [-0.05, 0) is 25.5 Å². The van der Waals surface area contributed by atoms with Crippen molar-refractivity contribution in [2.45, 2.75) is 20.0 Å². The van der Waals surface area contributed by atoms with E-state index in [-0.39, 0.29) is 18.4 Å². The number of aromatic nitrogens is 4. The lowest BCUT2D eigenvalue weighted by molar-refractivity contribution is -0.154. The van der Waals surface area contributed by atoms with Gasteiger partial charge in [0.15, 0.2) is 12.4 Å². The molecule has 0 saturated heterocycles. The molecule has 3 rings (SSSR count). The zero-order valence-corrected chi connectivity index (χ0v) is 16.6. The van der Waals surface area contributed by atoms with Crippen molar-refractivity contribution in [3.8, 4) is 34.4 Å². The minimum Gasteiger partial charge on any atom is -0.481 e. The number of hydrogen-bond acceptors (Lipinski definition) is 6. The summed E-state index contributed by atoms with van der Waals surface area (Å²) in [7, 11) is 0. The summed E-state index contributed by atoms with van der Waals surface area (Å²) in [5.41, 5.74) is 1.21. The number of rotatable bonds is 8. The third-order valence-corrected chi connectivity index (χ3v) is 4.22. The van der Waals surface area contributed by atoms with Crippen LogP contribution in [0.25, 0.3) is 22.5 Å². The van der Waals surface area contributed by atoms with Crippen LogP contribution in [0, 0.1) is 5.41 Å². The summed E-state index contributed by atoms with van der Waals surface area (Å²) in [6.45, 7) is 1.63. The van der Waals surface area contributed by atoms with E-state index in [2.05, 4.69) is 24.9 Å². The molecule has 0 aliphatic carbocycles. The molecule has 0 saturated carbocycles. The van der Waals surface area contributed by atoms with Crippen LogP contribution >= 0.6 is 0 Å². The Hall–Kier alpha value is -3.63. The molecule has 0 spiro atoms. The molecular formula is C20H19F3N4O4. The normalized spacial score (nSPS) is 11.9. The summed E-state index contributed by atoms with van der Waals surface area (Å²) >= 11 is 0. The largest absolute Gasteiger partial charge is 0.481 e. The van der Waals surface area contributed by atoms with Gasteiger partial charge in [0, 0.05) is 23.4 Å². The van der Waals surface area contributed by atoms with E-state index in [0.29, 0.717) is 11.4 Å². The molecule has 8 nitrogen and oxygen atoms in total. The fraction of sp³-hybridized carbons (Fsp3) is 0.300. The Kier molecular flexibility index (Phi) is 6.14. The molecule has 0 aliphatic heterocycles. The van der Waals surface area contributed by atoms with Crippen LogP contribution in [0.2, 0.25) is 0 Å². The Labute approximate surface area is 175 Å². The highest BCUT2D eigenvalue weighted by molar-refractivity contribution is 5.73. The van der Waals surface area contributed by atoms with Crippen LogP contribution in [0.4, 0.5) is 13.2 Å². The molecule has 0 unspecified atom stereocenters. The average Bonchev–Trinajstić information content (AvgIpc) is 3.20. The molecule has 164 valence electrons. The zero-order valence-electron chi connectivity index (χ0n) is 16.6. The number of nitrogens with one attached hydrogen (secondary N) is 1. The number of benzene rings is 1. The van der Waals surface area contributed by atoms with E-state index in [0.717, 1.165) is 11.1 Å². The third kappa shape index (κ3) is 5.93. The van der Waals surface area contributed by atoms with E-state index < -0.39 is 24.2 Å². The summed E-state index contributed by atoms with van der Waals surface area (Å²) in [6, 6.07) is 10.1. The molecule has 2 aromatic heterocycles. The van der Waals surface area contributed by atoms with Gasteiger partial charge in [0.1, 0.15) is 6.61 Å². The Bertz CT molecular complexity index is 1030. The third-order valence-electron chi connectivity index (χ3n) is 4.22. The van der Waals surface area contributed by atoms with Crippen molar-refractivity contribution in [1.82, 2.24) is 20.2 Å². The van der Waals surface area contributed by atoms with Gasteiger partial charge in [0.25, 0.3) is 0 Å². The zero-order chi connectivity index (χ0) is 22.6. The number of carboxylic acids is 1. The fourth-order valence-electron chi connectivity index (χ4n) is 2.36. The molecular weight excluding hydrogens is 417 g/mol. The maximum absolute atomic E-state index is 12.2. The van der Waals surface area contributed by atoms with Gasteiger partial charge in [-0.1, -0.05) is 24.3 Å². The van der Waals surface area contributed by atoms with Gasteiger partial charge in [0.2, 0.25) is 5.88 Å². The second-order valence-electron chi connectivity index (χ2n) is 7.31. The van der Waals surface area contributed by atoms with Crippen LogP contribution in [-0.4, -0.2) is 50.6 Å². The first-order valence-corrected chi connectivity index (χ1v) is 9.08. The van der Waals surface area contributed by atoms with Crippen molar-refractivity contribution >= 4 is 5.97 Å². The van der Waals surface area contributed by atoms with Gasteiger partial charge in [-0.2, -0.15) is 18.2 Å². The Morgan fingerprint density at radius 3 is 2.23 bits per heavy atom. The van der Waals surface area contributed by atoms with Crippen molar-refractivity contribution in [3.63, 3.8) is 0 Å². The number of H-pyrrole nitrogens is 1. The van der Waals surface area contributed by atoms with E-state index in [1.54, 1.807) is 56.4 Å². The van der Waals surface area contributed by atoms with Crippen LogP contribution in [0.3, 0.4) is 0 Å². The summed E-state index contributed by atoms with van der Waals surface area (Å²) in [5, 5.41) is 15.3. The number of aromatic amines is 1. The second kappa shape index (κ2) is 8.62. The maximum atomic E-state index is 12.2. The van der Waals surface area contributed by atoms with Crippen LogP contribution < -0.4 is 9.47 Å². The number of pyridine rings is 1. The quantitative estimate of drug-likeness (QED) is 0.550. The number of carbonyl (C=O) groups is 1. The van der Waals surface area contributed by atoms with E-state index in [1.807, 2.05) is 0 Å². The molecule has 2 heterocycles. The molecule has 0 amide bonds. The highest BCUT2D eigenvalue weighted by Gasteiger charge is 2.29. The molecule has 0 aliphatic rings. The monoisotopic (exact) mass is 436 g/mol. The molecule has 31 heavy (non-hydrogen) atoms. The summed E-state index contributed by atoms with van der Waals surface area (Å²) < 4.78 is 46.6. The maximum Gasteiger partial charge on any atom is 0.422 e. The number of ether oxygens (including phenoxy) is 2. The summed E-state index contributed by atoms with van der Waals surface area (Å²) in [4.78, 5) is 19.2. The molecule has 0 radical (unpaired) electrons. The topological polar surface area (TPSA) is 110 Å². The highest BCUT2D eigenvalue weighted by Crippen LogP contribution is 2.25. The lowest BCUT2D eigenvalue weighted by atomic mass is 9.95. The lowest BCUT2D eigenvalue weighted by Crippen LogP contribution is -2.30. The van der Waals surface area contributed by atoms with Gasteiger partial charge >= 0.3 is 18.2 Å². The Morgan fingerprint density at radius 1 is 1.00 bits per heavy atom. The minimum atomic E-state index is -4.47. The molecule has 3 aromatic rings. The van der Waals surface area contributed by atoms with E-state index in [4.69, 9.17) is 9.84 Å². The van der Waals surface area contributed by atoms with Gasteiger partial charge in [-0.25, -0.2) is 4.98 Å². The van der Waals surface area contributed by atoms with E-state index in [1.165, 1.54) is 0 Å². The number of halogens is 3. The van der Waals surface area contributed by atoms with Crippen molar-refractivity contribution in [2.75, 3.05) is 13.2 Å². The number of carboxylic acid groups (broad SMARTS) is 1. The highest BCUT2D eigenvalue weighted by atomic mass is 19.4. The lowest BCUT2D eigenvalue weighted by Gasteiger charge is -2.18. The van der Waals surface area contributed by atoms with Crippen molar-refractivity contribution in [1.29, 1.82) is 0 Å². The first-order chi connectivity index (χ1) is 14.5. The van der Waals surface area contributed by atoms with Gasteiger partial charge < -0.3 is 14.6 Å². The van der Waals surface area contributed by atoms with Gasteiger partial charge in [0.05, 0.1) is 5.41 Å². The molecule has 2 N–H and O–H groups in total. The predicted octanol–water partition coefficient (Wildman–Crippen LogP) is 3.96. The molecule has 0 fully saturated rings. The second-order valence-corrected chi connectivity index (χ2v) is 7.31. The first kappa shape index (κ1) is 22.1. The van der Waals surface area contributed by atoms with Crippen LogP contribution in [-0.2, 0) is 4.79 Å². The first-order valence-electron chi connectivity index (χ1n) is 9.08. The number of alkyl halides is 3. The molecule has 0 atom stereocenters. The molecule has 1 aromatic carbocycles. The number of hydrogen-bond donors (Lipinski definition) is 2. The van der Waals surface area contributed by atoms with Crippen LogP contribution in [0.5, 0.6) is 11.9 Å². The molecule has 11 heteroatoms. The van der Waals surface area contributed by atoms with Crippen molar-refractivity contribution in [3.05, 3.63) is 42.6 Å². The van der Waals surface area contributed by atoms with Crippen molar-refractivity contribution < 1.29 is 32.5 Å². The van der Waals surface area contributed by atoms with E-state index >= 15 is 0 Å². The van der Waals surface area contributed by atoms with Crippen LogP contribution in [0.15, 0.2) is 42.6 Å². The number of aliphatic carboxylic acids is 1.